The molecule has 5 nitrogen and oxygen atoms in total. The highest BCUT2D eigenvalue weighted by Crippen LogP contribution is 2.29. The average molecular weight is 278 g/mol. The van der Waals surface area contributed by atoms with Gasteiger partial charge in [-0.25, -0.2) is 0 Å². The van der Waals surface area contributed by atoms with Crippen LogP contribution in [0.4, 0.5) is 0 Å². The Morgan fingerprint density at radius 3 is 2.00 bits per heavy atom. The first-order valence-corrected chi connectivity index (χ1v) is 6.59. The van der Waals surface area contributed by atoms with Crippen LogP contribution in [0.15, 0.2) is 42.5 Å². The minimum absolute atomic E-state index is 0.127. The van der Waals surface area contributed by atoms with Crippen LogP contribution >= 0.6 is 0 Å². The van der Waals surface area contributed by atoms with E-state index >= 15 is 0 Å². The van der Waals surface area contributed by atoms with Crippen molar-refractivity contribution in [1.82, 2.24) is 20.4 Å². The molecule has 2 aromatic carbocycles. The maximum absolute atomic E-state index is 9.94. The van der Waals surface area contributed by atoms with Crippen molar-refractivity contribution in [3.05, 3.63) is 53.6 Å². The summed E-state index contributed by atoms with van der Waals surface area (Å²) < 4.78 is 0. The molecule has 1 heterocycles. The largest absolute Gasteiger partial charge is 0.507 e. The van der Waals surface area contributed by atoms with Gasteiger partial charge in [-0.05, 0) is 31.0 Å². The molecular formula is C16H14N4O. The SMILES string of the molecule is Cc1ccccc1-c1nnc(-c2c(C)cccc2O)nn1. The Bertz CT molecular complexity index is 764. The second-order valence-electron chi connectivity index (χ2n) is 4.83. The molecule has 0 fully saturated rings. The zero-order valence-corrected chi connectivity index (χ0v) is 11.8. The van der Waals surface area contributed by atoms with Crippen molar-refractivity contribution in [2.75, 3.05) is 0 Å². The summed E-state index contributed by atoms with van der Waals surface area (Å²) in [5.74, 6) is 0.926. The topological polar surface area (TPSA) is 71.8 Å². The van der Waals surface area contributed by atoms with Crippen LogP contribution < -0.4 is 0 Å². The van der Waals surface area contributed by atoms with Crippen molar-refractivity contribution in [1.29, 1.82) is 0 Å². The summed E-state index contributed by atoms with van der Waals surface area (Å²) in [5.41, 5.74) is 3.40. The standard InChI is InChI=1S/C16H14N4O/c1-10-6-3-4-8-12(10)15-17-19-16(20-18-15)14-11(2)7-5-9-13(14)21/h3-9,21H,1-2H3. The number of aryl methyl sites for hydroxylation is 2. The molecular weight excluding hydrogens is 264 g/mol. The number of aromatic hydroxyl groups is 1. The molecule has 104 valence electrons. The summed E-state index contributed by atoms with van der Waals surface area (Å²) in [7, 11) is 0. The van der Waals surface area contributed by atoms with Gasteiger partial charge in [0.05, 0.1) is 5.56 Å². The Kier molecular flexibility index (Phi) is 3.31. The molecule has 0 radical (unpaired) electrons. The number of nitrogens with zero attached hydrogens (tertiary/aromatic N) is 4. The van der Waals surface area contributed by atoms with E-state index in [2.05, 4.69) is 20.4 Å². The molecule has 0 amide bonds. The molecule has 21 heavy (non-hydrogen) atoms. The maximum Gasteiger partial charge on any atom is 0.207 e. The number of hydrogen-bond acceptors (Lipinski definition) is 5. The van der Waals surface area contributed by atoms with Gasteiger partial charge < -0.3 is 5.11 Å². The number of rotatable bonds is 2. The molecule has 0 aliphatic carbocycles. The fraction of sp³-hybridized carbons (Fsp3) is 0.125. The van der Waals surface area contributed by atoms with Crippen molar-refractivity contribution in [3.63, 3.8) is 0 Å². The van der Waals surface area contributed by atoms with E-state index in [9.17, 15) is 5.11 Å². The zero-order chi connectivity index (χ0) is 14.8. The lowest BCUT2D eigenvalue weighted by molar-refractivity contribution is 0.476. The molecule has 0 bridgehead atoms. The summed E-state index contributed by atoms with van der Waals surface area (Å²) in [6, 6.07) is 13.1. The predicted octanol–water partition coefficient (Wildman–Crippen LogP) is 2.92. The van der Waals surface area contributed by atoms with Gasteiger partial charge in [0.25, 0.3) is 0 Å². The van der Waals surface area contributed by atoms with E-state index in [0.29, 0.717) is 17.2 Å². The lowest BCUT2D eigenvalue weighted by Crippen LogP contribution is -2.01. The van der Waals surface area contributed by atoms with Crippen LogP contribution in [0.25, 0.3) is 22.8 Å². The first-order chi connectivity index (χ1) is 10.2. The van der Waals surface area contributed by atoms with Crippen LogP contribution in [-0.2, 0) is 0 Å². The lowest BCUT2D eigenvalue weighted by Gasteiger charge is -2.06. The minimum Gasteiger partial charge on any atom is -0.507 e. The summed E-state index contributed by atoms with van der Waals surface area (Å²) in [6.07, 6.45) is 0. The van der Waals surface area contributed by atoms with Gasteiger partial charge in [-0.15, -0.1) is 20.4 Å². The normalized spacial score (nSPS) is 10.6. The smallest absolute Gasteiger partial charge is 0.207 e. The number of phenolic OH excluding ortho intramolecular Hbond substituents is 1. The average Bonchev–Trinajstić information content (AvgIpc) is 2.48. The van der Waals surface area contributed by atoms with Crippen molar-refractivity contribution < 1.29 is 5.11 Å². The van der Waals surface area contributed by atoms with E-state index in [4.69, 9.17) is 0 Å². The maximum atomic E-state index is 9.94. The Morgan fingerprint density at radius 2 is 1.33 bits per heavy atom. The fourth-order valence-electron chi connectivity index (χ4n) is 2.20. The first kappa shape index (κ1) is 13.2. The Balaban J connectivity index is 2.04. The van der Waals surface area contributed by atoms with Gasteiger partial charge in [-0.1, -0.05) is 36.4 Å². The number of hydrogen-bond donors (Lipinski definition) is 1. The van der Waals surface area contributed by atoms with Gasteiger partial charge >= 0.3 is 0 Å². The fourth-order valence-corrected chi connectivity index (χ4v) is 2.20. The van der Waals surface area contributed by atoms with Gasteiger partial charge in [0, 0.05) is 5.56 Å². The molecule has 3 rings (SSSR count). The second-order valence-corrected chi connectivity index (χ2v) is 4.83. The summed E-state index contributed by atoms with van der Waals surface area (Å²) in [4.78, 5) is 0. The first-order valence-electron chi connectivity index (χ1n) is 6.59. The highest BCUT2D eigenvalue weighted by Gasteiger charge is 2.13. The van der Waals surface area contributed by atoms with Crippen LogP contribution in [-0.4, -0.2) is 25.5 Å². The highest BCUT2D eigenvalue weighted by atomic mass is 16.3. The van der Waals surface area contributed by atoms with Gasteiger partial charge in [-0.2, -0.15) is 0 Å². The third kappa shape index (κ3) is 2.45. The zero-order valence-electron chi connectivity index (χ0n) is 11.8. The predicted molar refractivity (Wildman–Crippen MR) is 79.6 cm³/mol. The lowest BCUT2D eigenvalue weighted by atomic mass is 10.1. The van der Waals surface area contributed by atoms with E-state index in [1.165, 1.54) is 0 Å². The van der Waals surface area contributed by atoms with Crippen LogP contribution in [0.3, 0.4) is 0 Å². The third-order valence-electron chi connectivity index (χ3n) is 3.34. The van der Waals surface area contributed by atoms with Crippen molar-refractivity contribution >= 4 is 0 Å². The number of benzene rings is 2. The highest BCUT2D eigenvalue weighted by molar-refractivity contribution is 5.67. The van der Waals surface area contributed by atoms with Crippen LogP contribution in [0, 0.1) is 13.8 Å². The number of aromatic nitrogens is 4. The van der Waals surface area contributed by atoms with Crippen molar-refractivity contribution in [2.45, 2.75) is 13.8 Å². The van der Waals surface area contributed by atoms with Gasteiger partial charge in [0.15, 0.2) is 0 Å². The molecule has 1 N–H and O–H groups in total. The minimum atomic E-state index is 0.127. The quantitative estimate of drug-likeness (QED) is 0.780. The Labute approximate surface area is 122 Å². The van der Waals surface area contributed by atoms with Crippen LogP contribution in [0.5, 0.6) is 5.75 Å². The summed E-state index contributed by atoms with van der Waals surface area (Å²) >= 11 is 0. The van der Waals surface area contributed by atoms with Crippen LogP contribution in [0.2, 0.25) is 0 Å². The Morgan fingerprint density at radius 1 is 0.714 bits per heavy atom. The molecule has 0 spiro atoms. The van der Waals surface area contributed by atoms with Gasteiger partial charge in [0.1, 0.15) is 5.75 Å². The van der Waals surface area contributed by atoms with E-state index < -0.39 is 0 Å². The van der Waals surface area contributed by atoms with E-state index in [-0.39, 0.29) is 5.75 Å². The van der Waals surface area contributed by atoms with E-state index in [1.54, 1.807) is 12.1 Å². The molecule has 5 heteroatoms. The summed E-state index contributed by atoms with van der Waals surface area (Å²) in [6.45, 7) is 3.87. The molecule has 0 atom stereocenters. The molecule has 0 saturated heterocycles. The van der Waals surface area contributed by atoms with Crippen molar-refractivity contribution in [3.8, 4) is 28.5 Å². The molecule has 0 unspecified atom stereocenters. The summed E-state index contributed by atoms with van der Waals surface area (Å²) in [5, 5.41) is 26.4. The Hall–Kier alpha value is -2.82. The van der Waals surface area contributed by atoms with Gasteiger partial charge in [-0.3, -0.25) is 0 Å². The van der Waals surface area contributed by atoms with Crippen molar-refractivity contribution in [2.24, 2.45) is 0 Å². The second kappa shape index (κ2) is 5.28. The van der Waals surface area contributed by atoms with Gasteiger partial charge in [0.2, 0.25) is 11.6 Å². The van der Waals surface area contributed by atoms with E-state index in [1.807, 2.05) is 44.2 Å². The monoisotopic (exact) mass is 278 g/mol. The molecule has 3 aromatic rings. The van der Waals surface area contributed by atoms with E-state index in [0.717, 1.165) is 16.7 Å². The molecule has 0 aliphatic rings. The molecule has 0 aliphatic heterocycles. The van der Waals surface area contributed by atoms with Crippen LogP contribution in [0.1, 0.15) is 11.1 Å². The molecule has 1 aromatic heterocycles. The number of phenols is 1. The third-order valence-corrected chi connectivity index (χ3v) is 3.34. The molecule has 0 saturated carbocycles.